The van der Waals surface area contributed by atoms with Crippen molar-refractivity contribution in [1.82, 2.24) is 0 Å². The highest BCUT2D eigenvalue weighted by molar-refractivity contribution is 5.48. The summed E-state index contributed by atoms with van der Waals surface area (Å²) >= 11 is 0. The highest BCUT2D eigenvalue weighted by Crippen LogP contribution is 2.29. The van der Waals surface area contributed by atoms with Gasteiger partial charge < -0.3 is 4.79 Å². The Morgan fingerprint density at radius 3 is 1.80 bits per heavy atom. The topological polar surface area (TPSA) is 17.1 Å². The van der Waals surface area contributed by atoms with E-state index in [-0.39, 0.29) is 0 Å². The normalized spacial score (nSPS) is 10.7. The van der Waals surface area contributed by atoms with E-state index in [2.05, 4.69) is 60.7 Å². The van der Waals surface area contributed by atoms with Gasteiger partial charge >= 0.3 is 0 Å². The average molecular weight is 266 g/mol. The van der Waals surface area contributed by atoms with Gasteiger partial charge in [0.2, 0.25) is 0 Å². The molecule has 2 aromatic rings. The molecule has 104 valence electrons. The summed E-state index contributed by atoms with van der Waals surface area (Å²) in [5.41, 5.74) is 2.77. The van der Waals surface area contributed by atoms with Gasteiger partial charge in [0.1, 0.15) is 6.29 Å². The Kier molecular flexibility index (Phi) is 6.04. The van der Waals surface area contributed by atoms with Crippen molar-refractivity contribution in [3.8, 4) is 0 Å². The van der Waals surface area contributed by atoms with Gasteiger partial charge in [0, 0.05) is 12.3 Å². The van der Waals surface area contributed by atoms with Gasteiger partial charge in [0.05, 0.1) is 0 Å². The Hall–Kier alpha value is -1.89. The zero-order chi connectivity index (χ0) is 14.0. The molecule has 0 amide bonds. The SMILES string of the molecule is O=CCCCCCC(c1ccccc1)c1ccccc1. The molecule has 0 heterocycles. The highest BCUT2D eigenvalue weighted by atomic mass is 16.1. The summed E-state index contributed by atoms with van der Waals surface area (Å²) in [4.78, 5) is 10.3. The largest absolute Gasteiger partial charge is 0.303 e. The first-order valence-corrected chi connectivity index (χ1v) is 7.45. The molecule has 0 atom stereocenters. The van der Waals surface area contributed by atoms with Crippen molar-refractivity contribution in [2.45, 2.75) is 38.0 Å². The number of unbranched alkanes of at least 4 members (excludes halogenated alkanes) is 3. The van der Waals surface area contributed by atoms with Gasteiger partial charge in [-0.2, -0.15) is 0 Å². The van der Waals surface area contributed by atoms with Crippen LogP contribution in [0.2, 0.25) is 0 Å². The molecule has 0 aliphatic rings. The molecule has 0 fully saturated rings. The van der Waals surface area contributed by atoms with Crippen molar-refractivity contribution >= 4 is 6.29 Å². The number of hydrogen-bond acceptors (Lipinski definition) is 1. The van der Waals surface area contributed by atoms with Gasteiger partial charge in [-0.15, -0.1) is 0 Å². The highest BCUT2D eigenvalue weighted by Gasteiger charge is 2.12. The average Bonchev–Trinajstić information content (AvgIpc) is 2.53. The van der Waals surface area contributed by atoms with Crippen LogP contribution in [0.3, 0.4) is 0 Å². The van der Waals surface area contributed by atoms with E-state index < -0.39 is 0 Å². The summed E-state index contributed by atoms with van der Waals surface area (Å²) < 4.78 is 0. The number of hydrogen-bond donors (Lipinski definition) is 0. The second kappa shape index (κ2) is 8.31. The smallest absolute Gasteiger partial charge is 0.119 e. The van der Waals surface area contributed by atoms with Crippen LogP contribution in [0, 0.1) is 0 Å². The fraction of sp³-hybridized carbons (Fsp3) is 0.316. The summed E-state index contributed by atoms with van der Waals surface area (Å²) in [6.45, 7) is 0. The fourth-order valence-electron chi connectivity index (χ4n) is 2.65. The predicted octanol–water partition coefficient (Wildman–Crippen LogP) is 4.97. The van der Waals surface area contributed by atoms with Gasteiger partial charge in [-0.1, -0.05) is 73.5 Å². The second-order valence-electron chi connectivity index (χ2n) is 5.18. The lowest BCUT2D eigenvalue weighted by Gasteiger charge is -2.18. The van der Waals surface area contributed by atoms with Crippen molar-refractivity contribution in [3.63, 3.8) is 0 Å². The second-order valence-corrected chi connectivity index (χ2v) is 5.18. The minimum atomic E-state index is 0.466. The van der Waals surface area contributed by atoms with Crippen LogP contribution in [0.5, 0.6) is 0 Å². The standard InChI is InChI=1S/C19H22O/c20-16-10-2-1-9-15-19(17-11-5-3-6-12-17)18-13-7-4-8-14-18/h3-8,11-14,16,19H,1-2,9-10,15H2. The van der Waals surface area contributed by atoms with E-state index in [1.54, 1.807) is 0 Å². The maximum atomic E-state index is 10.3. The first-order valence-electron chi connectivity index (χ1n) is 7.45. The molecule has 0 radical (unpaired) electrons. The molecule has 2 rings (SSSR count). The molecule has 1 heteroatoms. The molecule has 0 bridgehead atoms. The van der Waals surface area contributed by atoms with E-state index >= 15 is 0 Å². The zero-order valence-corrected chi connectivity index (χ0v) is 11.9. The maximum absolute atomic E-state index is 10.3. The van der Waals surface area contributed by atoms with E-state index in [1.807, 2.05) is 0 Å². The van der Waals surface area contributed by atoms with Crippen molar-refractivity contribution < 1.29 is 4.79 Å². The quantitative estimate of drug-likeness (QED) is 0.487. The molecule has 0 saturated carbocycles. The zero-order valence-electron chi connectivity index (χ0n) is 11.9. The molecule has 0 saturated heterocycles. The third-order valence-electron chi connectivity index (χ3n) is 3.72. The number of benzene rings is 2. The monoisotopic (exact) mass is 266 g/mol. The van der Waals surface area contributed by atoms with Crippen molar-refractivity contribution in [2.24, 2.45) is 0 Å². The van der Waals surface area contributed by atoms with E-state index in [0.717, 1.165) is 25.5 Å². The Bertz CT molecular complexity index is 450. The molecule has 20 heavy (non-hydrogen) atoms. The van der Waals surface area contributed by atoms with Gasteiger partial charge in [0.25, 0.3) is 0 Å². The van der Waals surface area contributed by atoms with Crippen LogP contribution in [0.1, 0.15) is 49.1 Å². The van der Waals surface area contributed by atoms with E-state index in [4.69, 9.17) is 0 Å². The lowest BCUT2D eigenvalue weighted by atomic mass is 9.87. The van der Waals surface area contributed by atoms with Crippen molar-refractivity contribution in [3.05, 3.63) is 71.8 Å². The van der Waals surface area contributed by atoms with Gasteiger partial charge in [0.15, 0.2) is 0 Å². The van der Waals surface area contributed by atoms with Gasteiger partial charge in [-0.25, -0.2) is 0 Å². The minimum Gasteiger partial charge on any atom is -0.303 e. The van der Waals surface area contributed by atoms with Crippen LogP contribution in [-0.4, -0.2) is 6.29 Å². The Morgan fingerprint density at radius 2 is 1.30 bits per heavy atom. The van der Waals surface area contributed by atoms with E-state index in [9.17, 15) is 4.79 Å². The van der Waals surface area contributed by atoms with Crippen LogP contribution in [0.25, 0.3) is 0 Å². The van der Waals surface area contributed by atoms with Crippen molar-refractivity contribution in [2.75, 3.05) is 0 Å². The van der Waals surface area contributed by atoms with E-state index in [1.165, 1.54) is 17.5 Å². The minimum absolute atomic E-state index is 0.466. The van der Waals surface area contributed by atoms with Gasteiger partial charge in [-0.05, 0) is 24.0 Å². The van der Waals surface area contributed by atoms with Gasteiger partial charge in [-0.3, -0.25) is 0 Å². The molecule has 0 aliphatic heterocycles. The first-order chi connectivity index (χ1) is 9.92. The third-order valence-corrected chi connectivity index (χ3v) is 3.72. The van der Waals surface area contributed by atoms with Crippen LogP contribution in [-0.2, 0) is 4.79 Å². The first kappa shape index (κ1) is 14.5. The summed E-state index contributed by atoms with van der Waals surface area (Å²) in [6, 6.07) is 21.4. The van der Waals surface area contributed by atoms with Crippen molar-refractivity contribution in [1.29, 1.82) is 0 Å². The number of aldehydes is 1. The summed E-state index contributed by atoms with van der Waals surface area (Å²) in [6.07, 6.45) is 6.18. The van der Waals surface area contributed by atoms with Crippen LogP contribution in [0.4, 0.5) is 0 Å². The van der Waals surface area contributed by atoms with E-state index in [0.29, 0.717) is 12.3 Å². The molecular formula is C19H22O. The molecule has 0 spiro atoms. The third kappa shape index (κ3) is 4.34. The molecule has 0 aliphatic carbocycles. The molecule has 2 aromatic carbocycles. The lowest BCUT2D eigenvalue weighted by molar-refractivity contribution is -0.107. The Balaban J connectivity index is 2.03. The molecular weight excluding hydrogens is 244 g/mol. The van der Waals surface area contributed by atoms with Crippen LogP contribution >= 0.6 is 0 Å². The fourth-order valence-corrected chi connectivity index (χ4v) is 2.65. The number of carbonyl (C=O) groups excluding carboxylic acids is 1. The Labute approximate surface area is 121 Å². The number of carbonyl (C=O) groups is 1. The predicted molar refractivity (Wildman–Crippen MR) is 83.9 cm³/mol. The molecule has 0 unspecified atom stereocenters. The Morgan fingerprint density at radius 1 is 0.750 bits per heavy atom. The molecule has 0 N–H and O–H groups in total. The van der Waals surface area contributed by atoms with Crippen LogP contribution in [0.15, 0.2) is 60.7 Å². The van der Waals surface area contributed by atoms with Crippen LogP contribution < -0.4 is 0 Å². The molecule has 0 aromatic heterocycles. The summed E-state index contributed by atoms with van der Waals surface area (Å²) in [5.74, 6) is 0.466. The summed E-state index contributed by atoms with van der Waals surface area (Å²) in [5, 5.41) is 0. The summed E-state index contributed by atoms with van der Waals surface area (Å²) in [7, 11) is 0. The molecule has 1 nitrogen and oxygen atoms in total. The number of rotatable bonds is 8. The maximum Gasteiger partial charge on any atom is 0.119 e. The lowest BCUT2D eigenvalue weighted by Crippen LogP contribution is -2.01.